The molecule has 1 aliphatic carbocycles. The summed E-state index contributed by atoms with van der Waals surface area (Å²) in [4.78, 5) is 12.1. The zero-order valence-electron chi connectivity index (χ0n) is 8.22. The summed E-state index contributed by atoms with van der Waals surface area (Å²) >= 11 is 0. The third kappa shape index (κ3) is 2.00. The largest absolute Gasteiger partial charge is 0.465 e. The van der Waals surface area contributed by atoms with Gasteiger partial charge in [-0.1, -0.05) is 0 Å². The van der Waals surface area contributed by atoms with Gasteiger partial charge < -0.3 is 15.1 Å². The molecular weight excluding hydrogens is 182 g/mol. The van der Waals surface area contributed by atoms with E-state index in [1.807, 2.05) is 0 Å². The number of likely N-dealkylation sites (tertiary alicyclic amines) is 1. The molecule has 2 fully saturated rings. The second kappa shape index (κ2) is 3.77. The zero-order chi connectivity index (χ0) is 10.1. The fourth-order valence-corrected chi connectivity index (χ4v) is 2.25. The molecule has 0 spiro atoms. The average molecular weight is 199 g/mol. The van der Waals surface area contributed by atoms with Crippen LogP contribution in [0.15, 0.2) is 0 Å². The van der Waals surface area contributed by atoms with Crippen molar-refractivity contribution in [1.82, 2.24) is 4.90 Å². The lowest BCUT2D eigenvalue weighted by atomic mass is 9.89. The van der Waals surface area contributed by atoms with Crippen molar-refractivity contribution >= 4 is 6.09 Å². The van der Waals surface area contributed by atoms with Gasteiger partial charge in [-0.25, -0.2) is 4.79 Å². The van der Waals surface area contributed by atoms with Gasteiger partial charge in [0.1, 0.15) is 0 Å². The highest BCUT2D eigenvalue weighted by Gasteiger charge is 2.36. The highest BCUT2D eigenvalue weighted by molar-refractivity contribution is 5.64. The van der Waals surface area contributed by atoms with Gasteiger partial charge in [0, 0.05) is 13.1 Å². The molecule has 1 atom stereocenters. The van der Waals surface area contributed by atoms with Gasteiger partial charge in [-0.3, -0.25) is 0 Å². The summed E-state index contributed by atoms with van der Waals surface area (Å²) in [5.41, 5.74) is 0. The van der Waals surface area contributed by atoms with Gasteiger partial charge >= 0.3 is 6.09 Å². The molecule has 0 radical (unpaired) electrons. The van der Waals surface area contributed by atoms with Gasteiger partial charge in [-0.2, -0.15) is 0 Å². The second-order valence-corrected chi connectivity index (χ2v) is 4.44. The highest BCUT2D eigenvalue weighted by atomic mass is 16.4. The Kier molecular flexibility index (Phi) is 2.63. The molecule has 0 aromatic carbocycles. The molecular formula is C10H17NO3. The molecule has 0 aromatic heterocycles. The summed E-state index contributed by atoms with van der Waals surface area (Å²) in [6, 6.07) is 0. The third-order valence-corrected chi connectivity index (χ3v) is 3.40. The molecule has 1 aliphatic heterocycles. The predicted octanol–water partition coefficient (Wildman–Crippen LogP) is 1.15. The monoisotopic (exact) mass is 199 g/mol. The number of piperidine rings is 1. The lowest BCUT2D eigenvalue weighted by molar-refractivity contribution is 0.0446. The lowest BCUT2D eigenvalue weighted by Crippen LogP contribution is -2.40. The molecule has 2 aliphatic rings. The van der Waals surface area contributed by atoms with E-state index in [2.05, 4.69) is 0 Å². The fourth-order valence-electron chi connectivity index (χ4n) is 2.25. The van der Waals surface area contributed by atoms with Crippen molar-refractivity contribution in [1.29, 1.82) is 0 Å². The maximum atomic E-state index is 10.6. The molecule has 4 nitrogen and oxygen atoms in total. The number of carbonyl (C=O) groups is 1. The Hall–Kier alpha value is -0.770. The summed E-state index contributed by atoms with van der Waals surface area (Å²) in [5.74, 6) is 0.842. The molecule has 80 valence electrons. The SMILES string of the molecule is O=C(O)N1CCC(C(O)C2CC2)CC1. The first-order chi connectivity index (χ1) is 6.68. The van der Waals surface area contributed by atoms with Gasteiger partial charge in [0.25, 0.3) is 0 Å². The Balaban J connectivity index is 1.80. The number of rotatable bonds is 2. The van der Waals surface area contributed by atoms with Crippen molar-refractivity contribution in [2.24, 2.45) is 11.8 Å². The Morgan fingerprint density at radius 1 is 1.14 bits per heavy atom. The molecule has 1 amide bonds. The number of hydrogen-bond acceptors (Lipinski definition) is 2. The quantitative estimate of drug-likeness (QED) is 0.701. The van der Waals surface area contributed by atoms with E-state index in [0.29, 0.717) is 24.9 Å². The maximum absolute atomic E-state index is 10.6. The van der Waals surface area contributed by atoms with Crippen LogP contribution in [0.5, 0.6) is 0 Å². The van der Waals surface area contributed by atoms with Crippen LogP contribution in [0, 0.1) is 11.8 Å². The minimum Gasteiger partial charge on any atom is -0.465 e. The fraction of sp³-hybridized carbons (Fsp3) is 0.900. The minimum absolute atomic E-state index is 0.175. The molecule has 14 heavy (non-hydrogen) atoms. The number of aliphatic hydroxyl groups excluding tert-OH is 1. The van der Waals surface area contributed by atoms with Gasteiger partial charge in [-0.15, -0.1) is 0 Å². The van der Waals surface area contributed by atoms with Crippen molar-refractivity contribution in [3.8, 4) is 0 Å². The maximum Gasteiger partial charge on any atom is 0.407 e. The number of amides is 1. The predicted molar refractivity (Wildman–Crippen MR) is 51.1 cm³/mol. The first-order valence-corrected chi connectivity index (χ1v) is 5.34. The van der Waals surface area contributed by atoms with Gasteiger partial charge in [0.2, 0.25) is 0 Å². The normalized spacial score (nSPS) is 26.2. The zero-order valence-corrected chi connectivity index (χ0v) is 8.22. The van der Waals surface area contributed by atoms with Crippen LogP contribution in [0.2, 0.25) is 0 Å². The minimum atomic E-state index is -0.829. The van der Waals surface area contributed by atoms with E-state index in [0.717, 1.165) is 25.7 Å². The average Bonchev–Trinajstić information content (AvgIpc) is 3.00. The van der Waals surface area contributed by atoms with E-state index in [9.17, 15) is 9.90 Å². The summed E-state index contributed by atoms with van der Waals surface area (Å²) < 4.78 is 0. The molecule has 2 rings (SSSR count). The number of aliphatic hydroxyl groups is 1. The summed E-state index contributed by atoms with van der Waals surface area (Å²) in [6.07, 6.45) is 2.95. The van der Waals surface area contributed by atoms with Gasteiger partial charge in [0.05, 0.1) is 6.10 Å². The topological polar surface area (TPSA) is 60.8 Å². The first-order valence-electron chi connectivity index (χ1n) is 5.34. The van der Waals surface area contributed by atoms with E-state index in [1.165, 1.54) is 4.90 Å². The molecule has 2 N–H and O–H groups in total. The summed E-state index contributed by atoms with van der Waals surface area (Å²) in [5, 5.41) is 18.6. The van der Waals surface area contributed by atoms with E-state index >= 15 is 0 Å². The van der Waals surface area contributed by atoms with Crippen LogP contribution in [0.1, 0.15) is 25.7 Å². The van der Waals surface area contributed by atoms with Gasteiger partial charge in [0.15, 0.2) is 0 Å². The van der Waals surface area contributed by atoms with Crippen LogP contribution in [0.4, 0.5) is 4.79 Å². The van der Waals surface area contributed by atoms with Crippen molar-refractivity contribution < 1.29 is 15.0 Å². The molecule has 0 aromatic rings. The van der Waals surface area contributed by atoms with Crippen molar-refractivity contribution in [2.45, 2.75) is 31.8 Å². The Morgan fingerprint density at radius 3 is 2.07 bits per heavy atom. The van der Waals surface area contributed by atoms with Crippen LogP contribution in [-0.2, 0) is 0 Å². The Labute approximate surface area is 83.5 Å². The van der Waals surface area contributed by atoms with Crippen LogP contribution in [0.3, 0.4) is 0 Å². The lowest BCUT2D eigenvalue weighted by Gasteiger charge is -2.32. The summed E-state index contributed by atoms with van der Waals surface area (Å²) in [7, 11) is 0. The number of carboxylic acid groups (broad SMARTS) is 1. The number of nitrogens with zero attached hydrogens (tertiary/aromatic N) is 1. The van der Waals surface area contributed by atoms with Crippen molar-refractivity contribution in [3.05, 3.63) is 0 Å². The smallest absolute Gasteiger partial charge is 0.407 e. The Bertz CT molecular complexity index is 219. The van der Waals surface area contributed by atoms with E-state index in [1.54, 1.807) is 0 Å². The first kappa shape index (κ1) is 9.77. The van der Waals surface area contributed by atoms with Crippen molar-refractivity contribution in [3.63, 3.8) is 0 Å². The van der Waals surface area contributed by atoms with Gasteiger partial charge in [-0.05, 0) is 37.5 Å². The molecule has 0 bridgehead atoms. The van der Waals surface area contributed by atoms with Crippen LogP contribution in [0.25, 0.3) is 0 Å². The van der Waals surface area contributed by atoms with Crippen molar-refractivity contribution in [2.75, 3.05) is 13.1 Å². The van der Waals surface area contributed by atoms with E-state index in [-0.39, 0.29) is 6.10 Å². The van der Waals surface area contributed by atoms with Crippen LogP contribution >= 0.6 is 0 Å². The molecule has 1 saturated heterocycles. The third-order valence-electron chi connectivity index (χ3n) is 3.40. The van der Waals surface area contributed by atoms with Crippen LogP contribution in [-0.4, -0.2) is 40.4 Å². The van der Waals surface area contributed by atoms with Crippen LogP contribution < -0.4 is 0 Å². The summed E-state index contributed by atoms with van der Waals surface area (Å²) in [6.45, 7) is 1.17. The molecule has 1 saturated carbocycles. The van der Waals surface area contributed by atoms with E-state index < -0.39 is 6.09 Å². The van der Waals surface area contributed by atoms with E-state index in [4.69, 9.17) is 5.11 Å². The second-order valence-electron chi connectivity index (χ2n) is 4.44. The molecule has 1 unspecified atom stereocenters. The Morgan fingerprint density at radius 2 is 1.64 bits per heavy atom. The highest BCUT2D eigenvalue weighted by Crippen LogP contribution is 2.38. The number of hydrogen-bond donors (Lipinski definition) is 2. The molecule has 4 heteroatoms. The standard InChI is InChI=1S/C10H17NO3/c12-9(7-1-2-7)8-3-5-11(6-4-8)10(13)14/h7-9,12H,1-6H2,(H,13,14). The molecule has 1 heterocycles.